The van der Waals surface area contributed by atoms with Crippen molar-refractivity contribution in [3.8, 4) is 11.1 Å². The number of aliphatic hydroxyl groups is 1. The Hall–Kier alpha value is -2.56. The molecule has 2 aromatic carbocycles. The Bertz CT molecular complexity index is 1260. The molecule has 0 aliphatic rings. The maximum atomic E-state index is 13.2. The van der Waals surface area contributed by atoms with Gasteiger partial charge in [-0.05, 0) is 84.3 Å². The summed E-state index contributed by atoms with van der Waals surface area (Å²) in [4.78, 5) is 11.0. The molecule has 1 aromatic heterocycles. The number of nitrogens with one attached hydrogen (secondary N) is 1. The number of nitrogens with zero attached hydrogens (tertiary/aromatic N) is 1. The summed E-state index contributed by atoms with van der Waals surface area (Å²) in [5.41, 5.74) is 3.34. The standard InChI is InChI=1S/C28H36N2O5S2/c1-28(2,14-5-6-22-13-15-36-20-22)29-18-25(31)19-30(3)37(34,35)26-8-4-7-24(17-26)23-11-9-21(10-12-23)16-27(32)33/h4,7-13,15,17,20,25,29,31H,5-6,14,16,18-19H2,1-3H3,(H,32,33)/t25-/m1/s1. The normalized spacial score (nSPS) is 13.1. The first-order chi connectivity index (χ1) is 17.5. The van der Waals surface area contributed by atoms with Crippen LogP contribution in [0.3, 0.4) is 0 Å². The van der Waals surface area contributed by atoms with Crippen LogP contribution in [0, 0.1) is 0 Å². The van der Waals surface area contributed by atoms with Gasteiger partial charge in [-0.3, -0.25) is 4.79 Å². The van der Waals surface area contributed by atoms with Crippen LogP contribution in [-0.2, 0) is 27.7 Å². The third-order valence-corrected chi connectivity index (χ3v) is 8.87. The lowest BCUT2D eigenvalue weighted by Gasteiger charge is -2.29. The van der Waals surface area contributed by atoms with Crippen LogP contribution in [0.1, 0.15) is 37.8 Å². The number of aliphatic carboxylic acids is 1. The van der Waals surface area contributed by atoms with Gasteiger partial charge in [0.15, 0.2) is 0 Å². The molecule has 0 fully saturated rings. The summed E-state index contributed by atoms with van der Waals surface area (Å²) in [5.74, 6) is -0.904. The predicted molar refractivity (Wildman–Crippen MR) is 148 cm³/mol. The average Bonchev–Trinajstić information content (AvgIpc) is 3.36. The highest BCUT2D eigenvalue weighted by Crippen LogP contribution is 2.25. The van der Waals surface area contributed by atoms with Crippen LogP contribution >= 0.6 is 11.3 Å². The van der Waals surface area contributed by atoms with Crippen molar-refractivity contribution in [1.29, 1.82) is 0 Å². The fourth-order valence-corrected chi connectivity index (χ4v) is 6.07. The first kappa shape index (κ1) is 29.0. The number of aliphatic hydroxyl groups excluding tert-OH is 1. The van der Waals surface area contributed by atoms with Gasteiger partial charge in [0.2, 0.25) is 10.0 Å². The lowest BCUT2D eigenvalue weighted by molar-refractivity contribution is -0.136. The highest BCUT2D eigenvalue weighted by atomic mass is 32.2. The number of carboxylic acid groups (broad SMARTS) is 1. The SMILES string of the molecule is CN(C[C@H](O)CNC(C)(C)CCCc1ccsc1)S(=O)(=O)c1cccc(-c2ccc(CC(=O)O)cc2)c1. The number of rotatable bonds is 14. The molecule has 0 aliphatic heterocycles. The largest absolute Gasteiger partial charge is 0.481 e. The molecule has 3 rings (SSSR count). The zero-order valence-corrected chi connectivity index (χ0v) is 23.2. The molecule has 0 aliphatic carbocycles. The molecular formula is C28H36N2O5S2. The van der Waals surface area contributed by atoms with Gasteiger partial charge in [0, 0.05) is 25.7 Å². The van der Waals surface area contributed by atoms with Gasteiger partial charge >= 0.3 is 5.97 Å². The van der Waals surface area contributed by atoms with Gasteiger partial charge in [-0.1, -0.05) is 36.4 Å². The van der Waals surface area contributed by atoms with E-state index in [4.69, 9.17) is 5.11 Å². The molecule has 0 saturated heterocycles. The molecule has 200 valence electrons. The molecule has 3 N–H and O–H groups in total. The summed E-state index contributed by atoms with van der Waals surface area (Å²) >= 11 is 1.70. The van der Waals surface area contributed by atoms with Gasteiger partial charge in [-0.25, -0.2) is 8.42 Å². The molecule has 0 saturated carbocycles. The van der Waals surface area contributed by atoms with Crippen molar-refractivity contribution >= 4 is 27.3 Å². The van der Waals surface area contributed by atoms with Crippen LogP contribution in [0.5, 0.6) is 0 Å². The van der Waals surface area contributed by atoms with Crippen molar-refractivity contribution in [2.24, 2.45) is 0 Å². The number of thiophene rings is 1. The third-order valence-electron chi connectivity index (χ3n) is 6.32. The highest BCUT2D eigenvalue weighted by Gasteiger charge is 2.25. The lowest BCUT2D eigenvalue weighted by atomic mass is 9.96. The maximum absolute atomic E-state index is 13.2. The molecule has 9 heteroatoms. The van der Waals surface area contributed by atoms with E-state index in [0.29, 0.717) is 11.1 Å². The number of sulfonamides is 1. The maximum Gasteiger partial charge on any atom is 0.307 e. The van der Waals surface area contributed by atoms with E-state index in [2.05, 4.69) is 36.0 Å². The molecule has 0 spiro atoms. The van der Waals surface area contributed by atoms with Crippen molar-refractivity contribution in [3.63, 3.8) is 0 Å². The van der Waals surface area contributed by atoms with Crippen LogP contribution in [0.25, 0.3) is 11.1 Å². The van der Waals surface area contributed by atoms with Crippen LogP contribution in [0.4, 0.5) is 0 Å². The van der Waals surface area contributed by atoms with Crippen LogP contribution in [0.2, 0.25) is 0 Å². The highest BCUT2D eigenvalue weighted by molar-refractivity contribution is 7.89. The molecule has 3 aromatic rings. The van der Waals surface area contributed by atoms with Crippen molar-refractivity contribution in [2.45, 2.75) is 56.1 Å². The van der Waals surface area contributed by atoms with Gasteiger partial charge in [0.25, 0.3) is 0 Å². The van der Waals surface area contributed by atoms with Crippen molar-refractivity contribution in [3.05, 3.63) is 76.5 Å². The van der Waals surface area contributed by atoms with Crippen molar-refractivity contribution < 1.29 is 23.4 Å². The summed E-state index contributed by atoms with van der Waals surface area (Å²) in [6, 6.07) is 15.8. The monoisotopic (exact) mass is 544 g/mol. The van der Waals surface area contributed by atoms with Gasteiger partial charge in [0.05, 0.1) is 17.4 Å². The Morgan fingerprint density at radius 2 is 1.81 bits per heavy atom. The second kappa shape index (κ2) is 12.8. The summed E-state index contributed by atoms with van der Waals surface area (Å²) in [6.07, 6.45) is 2.06. The smallest absolute Gasteiger partial charge is 0.307 e. The summed E-state index contributed by atoms with van der Waals surface area (Å²) in [5, 5.41) is 27.1. The van der Waals surface area contributed by atoms with Crippen LogP contribution < -0.4 is 5.32 Å². The lowest BCUT2D eigenvalue weighted by Crippen LogP contribution is -2.46. The Kier molecular flexibility index (Phi) is 10.0. The minimum Gasteiger partial charge on any atom is -0.481 e. The van der Waals surface area contributed by atoms with Crippen molar-refractivity contribution in [2.75, 3.05) is 20.1 Å². The minimum absolute atomic E-state index is 0.0333. The second-order valence-corrected chi connectivity index (χ2v) is 12.8. The third kappa shape index (κ3) is 8.76. The van der Waals surface area contributed by atoms with E-state index in [-0.39, 0.29) is 29.9 Å². The van der Waals surface area contributed by atoms with E-state index >= 15 is 0 Å². The molecule has 7 nitrogen and oxygen atoms in total. The molecular weight excluding hydrogens is 508 g/mol. The Morgan fingerprint density at radius 3 is 2.46 bits per heavy atom. The molecule has 37 heavy (non-hydrogen) atoms. The Morgan fingerprint density at radius 1 is 1.08 bits per heavy atom. The zero-order valence-electron chi connectivity index (χ0n) is 21.6. The number of likely N-dealkylation sites (N-methyl/N-ethyl adjacent to an activating group) is 1. The van der Waals surface area contributed by atoms with Gasteiger partial charge in [-0.2, -0.15) is 15.6 Å². The summed E-state index contributed by atoms with van der Waals surface area (Å²) < 4.78 is 27.6. The molecule has 1 heterocycles. The number of carboxylic acids is 1. The molecule has 1 atom stereocenters. The van der Waals surface area contributed by atoms with Crippen molar-refractivity contribution in [1.82, 2.24) is 9.62 Å². The molecule has 0 amide bonds. The zero-order chi connectivity index (χ0) is 27.1. The van der Waals surface area contributed by atoms with E-state index < -0.39 is 22.1 Å². The van der Waals surface area contributed by atoms with E-state index in [0.717, 1.165) is 24.8 Å². The minimum atomic E-state index is -3.81. The number of carbonyl (C=O) groups is 1. The van der Waals surface area contributed by atoms with Gasteiger partial charge in [0.1, 0.15) is 0 Å². The number of β-amino-alcohol motifs (C(OH)–C–C–N with tert-alkyl or cyclic N) is 1. The van der Waals surface area contributed by atoms with E-state index in [1.54, 1.807) is 47.7 Å². The van der Waals surface area contributed by atoms with Gasteiger partial charge < -0.3 is 15.5 Å². The molecule has 0 radical (unpaired) electrons. The van der Waals surface area contributed by atoms with E-state index in [9.17, 15) is 18.3 Å². The second-order valence-electron chi connectivity index (χ2n) is 9.98. The summed E-state index contributed by atoms with van der Waals surface area (Å²) in [6.45, 7) is 4.43. The fraction of sp³-hybridized carbons (Fsp3) is 0.393. The number of aryl methyl sites for hydroxylation is 1. The molecule has 0 unspecified atom stereocenters. The number of benzene rings is 2. The number of hydrogen-bond donors (Lipinski definition) is 3. The average molecular weight is 545 g/mol. The Labute approximate surface area is 223 Å². The van der Waals surface area contributed by atoms with E-state index in [1.807, 2.05) is 6.07 Å². The fourth-order valence-electron chi connectivity index (χ4n) is 4.12. The number of hydrogen-bond acceptors (Lipinski definition) is 6. The van der Waals surface area contributed by atoms with E-state index in [1.165, 1.54) is 23.0 Å². The Balaban J connectivity index is 1.56. The first-order valence-corrected chi connectivity index (χ1v) is 14.7. The summed E-state index contributed by atoms with van der Waals surface area (Å²) in [7, 11) is -2.34. The predicted octanol–water partition coefficient (Wildman–Crippen LogP) is 4.41. The first-order valence-electron chi connectivity index (χ1n) is 12.3. The topological polar surface area (TPSA) is 107 Å². The van der Waals surface area contributed by atoms with Crippen LogP contribution in [0.15, 0.2) is 70.3 Å². The van der Waals surface area contributed by atoms with Gasteiger partial charge in [-0.15, -0.1) is 0 Å². The quantitative estimate of drug-likeness (QED) is 0.278. The van der Waals surface area contributed by atoms with Crippen LogP contribution in [-0.4, -0.2) is 60.7 Å². The molecule has 0 bridgehead atoms.